The molecule has 0 saturated heterocycles. The molecule has 1 aromatic carbocycles. The Morgan fingerprint density at radius 3 is 2.62 bits per heavy atom. The second-order valence-corrected chi connectivity index (χ2v) is 5.76. The van der Waals surface area contributed by atoms with Crippen molar-refractivity contribution >= 4 is 21.5 Å². The summed E-state index contributed by atoms with van der Waals surface area (Å²) >= 11 is 0. The number of pyridine rings is 1. The molecule has 0 aliphatic rings. The van der Waals surface area contributed by atoms with Gasteiger partial charge in [-0.05, 0) is 33.7 Å². The van der Waals surface area contributed by atoms with Crippen molar-refractivity contribution in [2.75, 3.05) is 4.72 Å². The van der Waals surface area contributed by atoms with Crippen LogP contribution in [0.25, 0.3) is 0 Å². The lowest BCUT2D eigenvalue weighted by molar-refractivity contribution is -0.389. The van der Waals surface area contributed by atoms with Gasteiger partial charge in [0.15, 0.2) is 6.20 Å². The topological polar surface area (TPSA) is 122 Å². The molecule has 0 amide bonds. The second-order valence-electron chi connectivity index (χ2n) is 4.07. The van der Waals surface area contributed by atoms with Gasteiger partial charge in [0, 0.05) is 11.8 Å². The minimum absolute atomic E-state index is 0.192. The summed E-state index contributed by atoms with van der Waals surface area (Å²) in [5.74, 6) is -0.434. The number of nitrogens with zero attached hydrogens (tertiary/aromatic N) is 2. The number of hydrogen-bond acceptors (Lipinski definition) is 6. The number of hydrogen-bond donors (Lipinski definition) is 2. The van der Waals surface area contributed by atoms with Gasteiger partial charge < -0.3 is 15.2 Å². The zero-order valence-corrected chi connectivity index (χ0v) is 11.4. The molecule has 1 aromatic heterocycles. The molecule has 2 aromatic rings. The highest BCUT2D eigenvalue weighted by Gasteiger charge is 2.18. The van der Waals surface area contributed by atoms with Crippen LogP contribution >= 0.6 is 0 Å². The summed E-state index contributed by atoms with van der Waals surface area (Å²) in [5.41, 5.74) is 0.830. The SMILES string of the molecule is O=[N+]([O-])c1ccc(S(=O)(=O)Nc2cccc(CO)c2)cn1. The summed E-state index contributed by atoms with van der Waals surface area (Å²) in [6.07, 6.45) is 0.913. The summed E-state index contributed by atoms with van der Waals surface area (Å²) in [6.45, 7) is -0.214. The Kier molecular flexibility index (Phi) is 4.15. The van der Waals surface area contributed by atoms with Crippen molar-refractivity contribution in [3.8, 4) is 0 Å². The predicted molar refractivity (Wildman–Crippen MR) is 74.1 cm³/mol. The first-order chi connectivity index (χ1) is 9.92. The first-order valence-corrected chi connectivity index (χ1v) is 7.24. The van der Waals surface area contributed by atoms with Gasteiger partial charge in [-0.15, -0.1) is 0 Å². The van der Waals surface area contributed by atoms with Crippen molar-refractivity contribution in [2.24, 2.45) is 0 Å². The molecule has 0 fully saturated rings. The lowest BCUT2D eigenvalue weighted by Crippen LogP contribution is -2.13. The first-order valence-electron chi connectivity index (χ1n) is 5.75. The summed E-state index contributed by atoms with van der Waals surface area (Å²) in [7, 11) is -3.90. The third-order valence-corrected chi connectivity index (χ3v) is 3.95. The van der Waals surface area contributed by atoms with E-state index in [1.807, 2.05) is 0 Å². The Labute approximate surface area is 120 Å². The molecule has 0 radical (unpaired) electrons. The molecular weight excluding hydrogens is 298 g/mol. The van der Waals surface area contributed by atoms with E-state index in [0.717, 1.165) is 18.3 Å². The predicted octanol–water partition coefficient (Wildman–Crippen LogP) is 1.28. The Bertz CT molecular complexity index is 759. The number of nitrogens with one attached hydrogen (secondary N) is 1. The first kappa shape index (κ1) is 14.9. The molecule has 110 valence electrons. The lowest BCUT2D eigenvalue weighted by atomic mass is 10.2. The maximum atomic E-state index is 12.1. The summed E-state index contributed by atoms with van der Waals surface area (Å²) in [6, 6.07) is 8.36. The average molecular weight is 309 g/mol. The van der Waals surface area contributed by atoms with Crippen molar-refractivity contribution < 1.29 is 18.4 Å². The number of benzene rings is 1. The molecule has 0 saturated carbocycles. The van der Waals surface area contributed by atoms with Gasteiger partial charge in [-0.1, -0.05) is 12.1 Å². The van der Waals surface area contributed by atoms with E-state index in [2.05, 4.69) is 9.71 Å². The van der Waals surface area contributed by atoms with Gasteiger partial charge in [-0.25, -0.2) is 8.42 Å². The molecular formula is C12H11N3O5S. The Balaban J connectivity index is 2.27. The van der Waals surface area contributed by atoms with Gasteiger partial charge in [-0.2, -0.15) is 0 Å². The molecule has 0 atom stereocenters. The molecule has 2 rings (SSSR count). The summed E-state index contributed by atoms with van der Waals surface area (Å²) in [4.78, 5) is 13.0. The zero-order chi connectivity index (χ0) is 15.5. The average Bonchev–Trinajstić information content (AvgIpc) is 2.47. The van der Waals surface area contributed by atoms with E-state index in [0.29, 0.717) is 5.56 Å². The van der Waals surface area contributed by atoms with Crippen LogP contribution in [-0.4, -0.2) is 23.4 Å². The fraction of sp³-hybridized carbons (Fsp3) is 0.0833. The quantitative estimate of drug-likeness (QED) is 0.633. The van der Waals surface area contributed by atoms with Crippen LogP contribution in [0.15, 0.2) is 47.5 Å². The largest absolute Gasteiger partial charge is 0.392 e. The highest BCUT2D eigenvalue weighted by atomic mass is 32.2. The number of aliphatic hydroxyl groups is 1. The van der Waals surface area contributed by atoms with Gasteiger partial charge in [0.1, 0.15) is 4.90 Å². The molecule has 21 heavy (non-hydrogen) atoms. The minimum Gasteiger partial charge on any atom is -0.392 e. The fourth-order valence-electron chi connectivity index (χ4n) is 1.59. The van der Waals surface area contributed by atoms with E-state index in [1.54, 1.807) is 12.1 Å². The number of anilines is 1. The van der Waals surface area contributed by atoms with Crippen molar-refractivity contribution in [3.05, 3.63) is 58.3 Å². The number of aliphatic hydroxyl groups excluding tert-OH is 1. The molecule has 1 heterocycles. The second kappa shape index (κ2) is 5.85. The van der Waals surface area contributed by atoms with E-state index >= 15 is 0 Å². The van der Waals surface area contributed by atoms with Crippen LogP contribution in [0, 0.1) is 10.1 Å². The highest BCUT2D eigenvalue weighted by Crippen LogP contribution is 2.18. The molecule has 8 nitrogen and oxygen atoms in total. The van der Waals surface area contributed by atoms with Crippen molar-refractivity contribution in [2.45, 2.75) is 11.5 Å². The number of nitro groups is 1. The fourth-order valence-corrected chi connectivity index (χ4v) is 2.58. The van der Waals surface area contributed by atoms with Crippen molar-refractivity contribution in [1.29, 1.82) is 0 Å². The van der Waals surface area contributed by atoms with E-state index < -0.39 is 20.8 Å². The Morgan fingerprint density at radius 1 is 1.29 bits per heavy atom. The van der Waals surface area contributed by atoms with Crippen LogP contribution < -0.4 is 4.72 Å². The monoisotopic (exact) mass is 309 g/mol. The van der Waals surface area contributed by atoms with Crippen LogP contribution in [-0.2, 0) is 16.6 Å². The van der Waals surface area contributed by atoms with E-state index in [1.165, 1.54) is 12.1 Å². The van der Waals surface area contributed by atoms with E-state index in [4.69, 9.17) is 5.11 Å². The van der Waals surface area contributed by atoms with Gasteiger partial charge in [-0.3, -0.25) is 4.72 Å². The van der Waals surface area contributed by atoms with Gasteiger partial charge in [0.2, 0.25) is 0 Å². The van der Waals surface area contributed by atoms with Crippen LogP contribution in [0.2, 0.25) is 0 Å². The molecule has 0 spiro atoms. The van der Waals surface area contributed by atoms with E-state index in [-0.39, 0.29) is 17.2 Å². The van der Waals surface area contributed by atoms with Crippen LogP contribution in [0.4, 0.5) is 11.5 Å². The van der Waals surface area contributed by atoms with Gasteiger partial charge in [0.25, 0.3) is 10.0 Å². The normalized spacial score (nSPS) is 11.1. The highest BCUT2D eigenvalue weighted by molar-refractivity contribution is 7.92. The maximum Gasteiger partial charge on any atom is 0.363 e. The maximum absolute atomic E-state index is 12.1. The minimum atomic E-state index is -3.90. The summed E-state index contributed by atoms with van der Waals surface area (Å²) in [5, 5.41) is 19.5. The van der Waals surface area contributed by atoms with E-state index in [9.17, 15) is 18.5 Å². The Morgan fingerprint density at radius 2 is 2.05 bits per heavy atom. The molecule has 0 aliphatic heterocycles. The molecule has 0 bridgehead atoms. The molecule has 0 aliphatic carbocycles. The van der Waals surface area contributed by atoms with Crippen molar-refractivity contribution in [3.63, 3.8) is 0 Å². The van der Waals surface area contributed by atoms with Crippen molar-refractivity contribution in [1.82, 2.24) is 4.98 Å². The molecule has 9 heteroatoms. The van der Waals surface area contributed by atoms with Gasteiger partial charge in [0.05, 0.1) is 6.61 Å². The van der Waals surface area contributed by atoms with Crippen LogP contribution in [0.3, 0.4) is 0 Å². The van der Waals surface area contributed by atoms with Crippen LogP contribution in [0.5, 0.6) is 0 Å². The zero-order valence-electron chi connectivity index (χ0n) is 10.6. The van der Waals surface area contributed by atoms with Crippen LogP contribution in [0.1, 0.15) is 5.56 Å². The van der Waals surface area contributed by atoms with Gasteiger partial charge >= 0.3 is 5.82 Å². The standard InChI is InChI=1S/C12H11N3O5S/c16-8-9-2-1-3-10(6-9)14-21(19,20)11-4-5-12(13-7-11)15(17)18/h1-7,14,16H,8H2. The number of sulfonamides is 1. The third-order valence-electron chi connectivity index (χ3n) is 2.58. The molecule has 0 unspecified atom stereocenters. The summed E-state index contributed by atoms with van der Waals surface area (Å²) < 4.78 is 26.5. The number of aromatic nitrogens is 1. The number of rotatable bonds is 5. The lowest BCUT2D eigenvalue weighted by Gasteiger charge is -2.07. The Hall–Kier alpha value is -2.52. The molecule has 2 N–H and O–H groups in total. The smallest absolute Gasteiger partial charge is 0.363 e. The third kappa shape index (κ3) is 3.52.